The molecule has 0 amide bonds. The molecule has 2 aromatic carbocycles. The summed E-state index contributed by atoms with van der Waals surface area (Å²) in [6.45, 7) is 15.9. The van der Waals surface area contributed by atoms with Crippen LogP contribution in [0.1, 0.15) is 92.7 Å². The second-order valence-corrected chi connectivity index (χ2v) is 19.3. The maximum atomic E-state index is 14.4. The van der Waals surface area contributed by atoms with Crippen molar-refractivity contribution < 1.29 is 48.6 Å². The highest BCUT2D eigenvalue weighted by Crippen LogP contribution is 2.40. The van der Waals surface area contributed by atoms with E-state index in [0.717, 1.165) is 14.7 Å². The number of hydrogen-bond donors (Lipinski definition) is 3. The minimum Gasteiger partial charge on any atom is -0.461 e. The summed E-state index contributed by atoms with van der Waals surface area (Å²) in [5.74, 6) is -4.49. The van der Waals surface area contributed by atoms with Crippen LogP contribution in [0.15, 0.2) is 58.7 Å². The summed E-state index contributed by atoms with van der Waals surface area (Å²) in [6, 6.07) is 14.4. The van der Waals surface area contributed by atoms with Crippen LogP contribution >= 0.6 is 34.2 Å². The fraction of sp³-hybridized carbons (Fsp3) is 0.652. The van der Waals surface area contributed by atoms with Crippen LogP contribution in [-0.2, 0) is 39.7 Å². The van der Waals surface area contributed by atoms with Gasteiger partial charge in [0.25, 0.3) is 0 Å². The van der Waals surface area contributed by atoms with E-state index >= 15 is 0 Å². The highest BCUT2D eigenvalue weighted by molar-refractivity contribution is 14.1. The molecule has 61 heavy (non-hydrogen) atoms. The Morgan fingerprint density at radius 2 is 1.64 bits per heavy atom. The first-order valence-corrected chi connectivity index (χ1v) is 22.6. The van der Waals surface area contributed by atoms with Gasteiger partial charge < -0.3 is 43.9 Å². The van der Waals surface area contributed by atoms with Gasteiger partial charge in [-0.1, -0.05) is 63.6 Å². The molecule has 2 aromatic rings. The van der Waals surface area contributed by atoms with Gasteiger partial charge in [0.2, 0.25) is 0 Å². The smallest absolute Gasteiger partial charge is 0.312 e. The fourth-order valence-corrected chi connectivity index (χ4v) is 9.31. The lowest BCUT2D eigenvalue weighted by Gasteiger charge is -2.48. The van der Waals surface area contributed by atoms with Crippen LogP contribution in [-0.4, -0.2) is 125 Å². The number of nitrogens with zero attached hydrogens (tertiary/aromatic N) is 3. The van der Waals surface area contributed by atoms with Gasteiger partial charge in [0.1, 0.15) is 23.9 Å². The number of carbonyl (C=O) groups excluding carboxylic acids is 2. The monoisotopic (exact) mass is 983 g/mol. The molecule has 0 aromatic heterocycles. The summed E-state index contributed by atoms with van der Waals surface area (Å²) < 4.78 is 33.1. The topological polar surface area (TPSA) is 169 Å². The first kappa shape index (κ1) is 51.1. The molecule has 4 unspecified atom stereocenters. The Balaban J connectivity index is 1.92. The zero-order valence-electron chi connectivity index (χ0n) is 37.7. The molecule has 2 saturated heterocycles. The Hall–Kier alpha value is -2.54. The number of likely N-dealkylation sites (N-methyl/N-ethyl adjacent to an activating group) is 1. The minimum absolute atomic E-state index is 0.0648. The van der Waals surface area contributed by atoms with Crippen molar-refractivity contribution in [3.05, 3.63) is 68.3 Å². The first-order valence-electron chi connectivity index (χ1n) is 21.2. The van der Waals surface area contributed by atoms with Crippen molar-refractivity contribution in [3.8, 4) is 0 Å². The largest absolute Gasteiger partial charge is 0.461 e. The molecule has 15 heteroatoms. The number of esters is 2. The average Bonchev–Trinajstić information content (AvgIpc) is 3.21. The van der Waals surface area contributed by atoms with Crippen molar-refractivity contribution in [2.45, 2.75) is 148 Å². The number of cyclic esters (lactones) is 1. The standard InChI is InChI=1S/C46H67ClIN3O10/c1-13-36-46(9,56)41(54)27(4)38(50-49-30(7)32-16-18-33(47)19-17-32)25(2)24-45(8,57-12)42(61-44-39(53)35(51(10)11)22-26(3)58-44)28(5)40(29(6)43(55)59-36)60-37(52)23-31-14-20-34(48)21-15-31/h14-21,25-29,35-36,39-42,44,53-54,56H,13,22-24H2,1-12H3/b49-30+,50-38+/t25-,26?,27+,28+,29-,35?,36-,39?,40+,41-,42-,44?,45-,46-/m1/s1. The molecule has 0 spiro atoms. The third-order valence-electron chi connectivity index (χ3n) is 12.6. The summed E-state index contributed by atoms with van der Waals surface area (Å²) in [6.07, 6.45) is -6.40. The second-order valence-electron chi connectivity index (χ2n) is 17.7. The van der Waals surface area contributed by atoms with Crippen LogP contribution in [0.25, 0.3) is 0 Å². The lowest BCUT2D eigenvalue weighted by Crippen LogP contribution is -2.60. The van der Waals surface area contributed by atoms with Crippen molar-refractivity contribution in [2.75, 3.05) is 21.2 Å². The van der Waals surface area contributed by atoms with Crippen LogP contribution in [0.5, 0.6) is 0 Å². The van der Waals surface area contributed by atoms with Gasteiger partial charge in [-0.15, -0.1) is 0 Å². The maximum Gasteiger partial charge on any atom is 0.312 e. The summed E-state index contributed by atoms with van der Waals surface area (Å²) in [7, 11) is 5.32. The Morgan fingerprint density at radius 1 is 1.02 bits per heavy atom. The second kappa shape index (κ2) is 21.9. The van der Waals surface area contributed by atoms with Gasteiger partial charge in [-0.25, -0.2) is 0 Å². The van der Waals surface area contributed by atoms with Gasteiger partial charge in [-0.05, 0) is 132 Å². The van der Waals surface area contributed by atoms with Crippen LogP contribution in [0.3, 0.4) is 0 Å². The van der Waals surface area contributed by atoms with E-state index in [1.54, 1.807) is 40.0 Å². The van der Waals surface area contributed by atoms with Crippen molar-refractivity contribution in [1.29, 1.82) is 0 Å². The van der Waals surface area contributed by atoms with Crippen molar-refractivity contribution in [1.82, 2.24) is 4.90 Å². The Labute approximate surface area is 380 Å². The number of aliphatic hydroxyl groups excluding tert-OH is 2. The Bertz CT molecular complexity index is 1830. The SMILES string of the molecule is CC[C@H]1OC(=O)[C@H](C)[C@@H](OC(=O)Cc2ccc(I)cc2)[C@H](C)[C@@H](OC2OC(C)CC(N(C)C)C2O)[C@](C)(OC)C[C@@H](C)/C(=N\N=C(/C)c2ccc(Cl)cc2)[C@H](C)[C@@H](O)[C@]1(C)O. The third kappa shape index (κ3) is 12.6. The molecular weight excluding hydrogens is 917 g/mol. The summed E-state index contributed by atoms with van der Waals surface area (Å²) in [5.41, 5.74) is -0.650. The van der Waals surface area contributed by atoms with Crippen molar-refractivity contribution >= 4 is 57.6 Å². The molecule has 0 saturated carbocycles. The molecular formula is C46H67ClIN3O10. The molecule has 0 bridgehead atoms. The molecule has 13 nitrogen and oxygen atoms in total. The van der Waals surface area contributed by atoms with Crippen LogP contribution in [0, 0.1) is 27.2 Å². The quantitative estimate of drug-likeness (QED) is 0.0985. The van der Waals surface area contributed by atoms with Crippen LogP contribution in [0.2, 0.25) is 5.02 Å². The van der Waals surface area contributed by atoms with E-state index in [9.17, 15) is 24.9 Å². The number of benzene rings is 2. The van der Waals surface area contributed by atoms with Gasteiger partial charge in [0.05, 0.1) is 42.0 Å². The lowest BCUT2D eigenvalue weighted by molar-refractivity contribution is -0.301. The fourth-order valence-electron chi connectivity index (χ4n) is 8.83. The third-order valence-corrected chi connectivity index (χ3v) is 13.6. The first-order chi connectivity index (χ1) is 28.5. The lowest BCUT2D eigenvalue weighted by atomic mass is 9.73. The van der Waals surface area contributed by atoms with E-state index in [-0.39, 0.29) is 31.4 Å². The predicted octanol–water partition coefficient (Wildman–Crippen LogP) is 6.86. The van der Waals surface area contributed by atoms with Gasteiger partial charge in [0.15, 0.2) is 6.29 Å². The van der Waals surface area contributed by atoms with Gasteiger partial charge in [0, 0.05) is 39.3 Å². The molecule has 3 N–H and O–H groups in total. The van der Waals surface area contributed by atoms with Crippen LogP contribution < -0.4 is 0 Å². The van der Waals surface area contributed by atoms with Crippen LogP contribution in [0.4, 0.5) is 0 Å². The summed E-state index contributed by atoms with van der Waals surface area (Å²) >= 11 is 8.35. The highest BCUT2D eigenvalue weighted by Gasteiger charge is 2.52. The molecule has 0 radical (unpaired) electrons. The number of rotatable bonds is 10. The summed E-state index contributed by atoms with van der Waals surface area (Å²) in [4.78, 5) is 30.2. The number of aliphatic hydroxyl groups is 3. The molecule has 340 valence electrons. The zero-order chi connectivity index (χ0) is 45.6. The minimum atomic E-state index is -1.95. The number of carbonyl (C=O) groups is 2. The normalized spacial score (nSPS) is 36.7. The molecule has 0 aliphatic carbocycles. The zero-order valence-corrected chi connectivity index (χ0v) is 40.6. The number of methoxy groups -OCH3 is 1. The maximum absolute atomic E-state index is 14.4. The van der Waals surface area contributed by atoms with E-state index in [0.29, 0.717) is 22.9 Å². The van der Waals surface area contributed by atoms with E-state index in [1.165, 1.54) is 6.92 Å². The highest BCUT2D eigenvalue weighted by atomic mass is 127. The van der Waals surface area contributed by atoms with Gasteiger partial charge in [-0.2, -0.15) is 10.2 Å². The van der Waals surface area contributed by atoms with E-state index in [1.807, 2.05) is 90.0 Å². The van der Waals surface area contributed by atoms with E-state index in [2.05, 4.69) is 27.7 Å². The number of halogens is 2. The Kier molecular flexibility index (Phi) is 18.3. The Morgan fingerprint density at radius 3 is 2.21 bits per heavy atom. The molecule has 2 aliphatic heterocycles. The summed E-state index contributed by atoms with van der Waals surface area (Å²) in [5, 5.41) is 45.9. The van der Waals surface area contributed by atoms with Crippen molar-refractivity contribution in [2.24, 2.45) is 33.9 Å². The van der Waals surface area contributed by atoms with E-state index < -0.39 is 83.6 Å². The van der Waals surface area contributed by atoms with Crippen molar-refractivity contribution in [3.63, 3.8) is 0 Å². The predicted molar refractivity (Wildman–Crippen MR) is 245 cm³/mol. The molecule has 4 rings (SSSR count). The van der Waals surface area contributed by atoms with E-state index in [4.69, 9.17) is 40.4 Å². The molecule has 14 atom stereocenters. The van der Waals surface area contributed by atoms with Gasteiger partial charge >= 0.3 is 11.9 Å². The molecule has 2 heterocycles. The number of ether oxygens (including phenoxy) is 5. The average molecular weight is 984 g/mol. The number of hydrogen-bond acceptors (Lipinski definition) is 13. The molecule has 2 aliphatic rings. The molecule has 2 fully saturated rings. The van der Waals surface area contributed by atoms with Gasteiger partial charge in [-0.3, -0.25) is 9.59 Å².